The van der Waals surface area contributed by atoms with Crippen molar-refractivity contribution in [2.24, 2.45) is 7.05 Å². The van der Waals surface area contributed by atoms with Gasteiger partial charge in [-0.2, -0.15) is 0 Å². The fourth-order valence-electron chi connectivity index (χ4n) is 0.657. The van der Waals surface area contributed by atoms with Crippen molar-refractivity contribution in [3.8, 4) is 0 Å². The summed E-state index contributed by atoms with van der Waals surface area (Å²) < 4.78 is 23.1. The third kappa shape index (κ3) is 2.03. The van der Waals surface area contributed by atoms with E-state index in [9.17, 15) is 4.21 Å². The summed E-state index contributed by atoms with van der Waals surface area (Å²) in [5.41, 5.74) is 0. The molecule has 80 valence electrons. The highest BCUT2D eigenvalue weighted by Gasteiger charge is 2.26. The summed E-state index contributed by atoms with van der Waals surface area (Å²) in [6.07, 6.45) is 1.49. The Bertz CT molecular complexity index is 414. The van der Waals surface area contributed by atoms with Gasteiger partial charge in [-0.25, -0.2) is 8.99 Å². The minimum Gasteiger partial charge on any atom is -0.302 e. The van der Waals surface area contributed by atoms with Gasteiger partial charge in [0.2, 0.25) is 5.95 Å². The van der Waals surface area contributed by atoms with Crippen LogP contribution in [0, 0.1) is 4.78 Å². The first-order chi connectivity index (χ1) is 6.24. The quantitative estimate of drug-likeness (QED) is 0.774. The zero-order valence-electron chi connectivity index (χ0n) is 8.74. The molecule has 0 aromatic carbocycles. The number of hydrogen-bond donors (Lipinski definition) is 2. The van der Waals surface area contributed by atoms with Crippen LogP contribution in [-0.2, 0) is 17.0 Å². The van der Waals surface area contributed by atoms with Crippen LogP contribution in [-0.4, -0.2) is 23.7 Å². The lowest BCUT2D eigenvalue weighted by atomic mass is 10.3. The van der Waals surface area contributed by atoms with E-state index in [2.05, 4.69) is 14.9 Å². The number of anilines is 1. The predicted octanol–water partition coefficient (Wildman–Crippen LogP) is 0.987. The topological polar surface area (TPSA) is 83.7 Å². The molecule has 0 spiro atoms. The van der Waals surface area contributed by atoms with E-state index in [0.29, 0.717) is 5.95 Å². The molecule has 0 aliphatic rings. The van der Waals surface area contributed by atoms with Gasteiger partial charge in [-0.15, -0.1) is 10.2 Å². The van der Waals surface area contributed by atoms with Gasteiger partial charge in [0.05, 0.1) is 4.75 Å². The molecule has 1 atom stereocenters. The van der Waals surface area contributed by atoms with Gasteiger partial charge in [0, 0.05) is 7.05 Å². The van der Waals surface area contributed by atoms with Gasteiger partial charge >= 0.3 is 0 Å². The second-order valence-electron chi connectivity index (χ2n) is 4.04. The van der Waals surface area contributed by atoms with Crippen molar-refractivity contribution in [2.45, 2.75) is 25.5 Å². The highest BCUT2D eigenvalue weighted by Crippen LogP contribution is 2.18. The van der Waals surface area contributed by atoms with Crippen molar-refractivity contribution in [3.63, 3.8) is 0 Å². The maximum atomic E-state index is 11.9. The van der Waals surface area contributed by atoms with Crippen molar-refractivity contribution in [1.29, 1.82) is 4.78 Å². The molecular weight excluding hydrogens is 202 g/mol. The lowest BCUT2D eigenvalue weighted by molar-refractivity contribution is 0.641. The summed E-state index contributed by atoms with van der Waals surface area (Å²) in [6.45, 7) is 5.23. The molecule has 6 nitrogen and oxygen atoms in total. The number of nitrogens with one attached hydrogen (secondary N) is 2. The fraction of sp³-hybridized carbons (Fsp3) is 0.714. The number of nitrogens with zero attached hydrogens (tertiary/aromatic N) is 3. The van der Waals surface area contributed by atoms with E-state index in [1.54, 1.807) is 32.4 Å². The first kappa shape index (κ1) is 11.0. The second kappa shape index (κ2) is 3.23. The molecule has 1 aromatic rings. The van der Waals surface area contributed by atoms with Gasteiger partial charge in [-0.1, -0.05) is 0 Å². The Morgan fingerprint density at radius 2 is 2.14 bits per heavy atom. The third-order valence-electron chi connectivity index (χ3n) is 1.81. The van der Waals surface area contributed by atoms with Crippen LogP contribution < -0.4 is 4.72 Å². The monoisotopic (exact) mass is 217 g/mol. The minimum absolute atomic E-state index is 0.347. The zero-order chi connectivity index (χ0) is 11.0. The summed E-state index contributed by atoms with van der Waals surface area (Å²) >= 11 is 0. The van der Waals surface area contributed by atoms with Crippen LogP contribution in [0.1, 0.15) is 20.8 Å². The normalized spacial score (nSPS) is 16.3. The minimum atomic E-state index is -2.92. The Morgan fingerprint density at radius 1 is 1.57 bits per heavy atom. The number of rotatable bonds is 2. The van der Waals surface area contributed by atoms with E-state index < -0.39 is 14.7 Å². The predicted molar refractivity (Wildman–Crippen MR) is 55.2 cm³/mol. The lowest BCUT2D eigenvalue weighted by Crippen LogP contribution is -2.33. The van der Waals surface area contributed by atoms with E-state index in [-0.39, 0.29) is 0 Å². The van der Waals surface area contributed by atoms with Crippen LogP contribution in [0.5, 0.6) is 0 Å². The molecule has 0 radical (unpaired) electrons. The van der Waals surface area contributed by atoms with Crippen LogP contribution in [0.25, 0.3) is 0 Å². The largest absolute Gasteiger partial charge is 0.302 e. The highest BCUT2D eigenvalue weighted by molar-refractivity contribution is 7.95. The summed E-state index contributed by atoms with van der Waals surface area (Å²) in [5.74, 6) is 0.347. The van der Waals surface area contributed by atoms with Crippen molar-refractivity contribution in [3.05, 3.63) is 6.33 Å². The average Bonchev–Trinajstić information content (AvgIpc) is 2.33. The smallest absolute Gasteiger partial charge is 0.236 e. The zero-order valence-corrected chi connectivity index (χ0v) is 9.55. The molecule has 1 unspecified atom stereocenters. The molecule has 0 amide bonds. The summed E-state index contributed by atoms with van der Waals surface area (Å²) in [7, 11) is -1.19. The van der Waals surface area contributed by atoms with Crippen molar-refractivity contribution in [2.75, 3.05) is 4.72 Å². The Kier molecular flexibility index (Phi) is 2.53. The Morgan fingerprint density at radius 3 is 2.50 bits per heavy atom. The van der Waals surface area contributed by atoms with E-state index in [1.807, 2.05) is 0 Å². The lowest BCUT2D eigenvalue weighted by Gasteiger charge is -2.22. The molecule has 0 aliphatic carbocycles. The molecule has 1 aromatic heterocycles. The number of hydrogen-bond acceptors (Lipinski definition) is 4. The molecule has 7 heteroatoms. The maximum Gasteiger partial charge on any atom is 0.236 e. The van der Waals surface area contributed by atoms with Crippen LogP contribution in [0.4, 0.5) is 5.95 Å². The Labute approximate surface area is 83.8 Å². The number of aromatic nitrogens is 3. The van der Waals surface area contributed by atoms with Gasteiger partial charge in [-0.05, 0) is 20.8 Å². The second-order valence-corrected chi connectivity index (χ2v) is 6.58. The Hall–Kier alpha value is -1.11. The highest BCUT2D eigenvalue weighted by atomic mass is 32.2. The third-order valence-corrected chi connectivity index (χ3v) is 4.00. The Balaban J connectivity index is 2.96. The molecule has 2 N–H and O–H groups in total. The van der Waals surface area contributed by atoms with E-state index in [0.717, 1.165) is 0 Å². The van der Waals surface area contributed by atoms with Gasteiger partial charge in [0.1, 0.15) is 16.2 Å². The van der Waals surface area contributed by atoms with E-state index in [1.165, 1.54) is 6.33 Å². The first-order valence-electron chi connectivity index (χ1n) is 4.14. The van der Waals surface area contributed by atoms with Gasteiger partial charge < -0.3 is 4.57 Å². The average molecular weight is 217 g/mol. The molecule has 0 aliphatic heterocycles. The SMILES string of the molecule is Cn1cnnc1NS(=N)(=O)C(C)(C)C. The van der Waals surface area contributed by atoms with E-state index >= 15 is 0 Å². The molecule has 1 heterocycles. The maximum absolute atomic E-state index is 11.9. The van der Waals surface area contributed by atoms with Gasteiger partial charge in [0.15, 0.2) is 0 Å². The van der Waals surface area contributed by atoms with Crippen LogP contribution >= 0.6 is 0 Å². The number of aryl methyl sites for hydroxylation is 1. The molecule has 0 fully saturated rings. The molecule has 0 saturated carbocycles. The van der Waals surface area contributed by atoms with Crippen molar-refractivity contribution < 1.29 is 4.21 Å². The van der Waals surface area contributed by atoms with Crippen molar-refractivity contribution in [1.82, 2.24) is 14.8 Å². The van der Waals surface area contributed by atoms with Crippen LogP contribution in [0.15, 0.2) is 6.33 Å². The molecule has 0 bridgehead atoms. The van der Waals surface area contributed by atoms with Crippen LogP contribution in [0.3, 0.4) is 0 Å². The van der Waals surface area contributed by atoms with Crippen LogP contribution in [0.2, 0.25) is 0 Å². The van der Waals surface area contributed by atoms with Gasteiger partial charge in [-0.3, -0.25) is 4.72 Å². The van der Waals surface area contributed by atoms with Crippen molar-refractivity contribution >= 4 is 15.9 Å². The molecule has 1 rings (SSSR count). The summed E-state index contributed by atoms with van der Waals surface area (Å²) in [4.78, 5) is 0. The first-order valence-corrected chi connectivity index (χ1v) is 5.70. The summed E-state index contributed by atoms with van der Waals surface area (Å²) in [5, 5.41) is 7.35. The summed E-state index contributed by atoms with van der Waals surface area (Å²) in [6, 6.07) is 0. The van der Waals surface area contributed by atoms with E-state index in [4.69, 9.17) is 4.78 Å². The standard InChI is InChI=1S/C7H15N5OS/c1-7(2,3)14(8,13)11-6-10-9-5-12(6)4/h5H,1-4H3,(H2,8,10,11,13). The fourth-order valence-corrected chi connectivity index (χ4v) is 1.41. The van der Waals surface area contributed by atoms with Gasteiger partial charge in [0.25, 0.3) is 0 Å². The molecule has 0 saturated heterocycles. The molecule has 14 heavy (non-hydrogen) atoms. The molecular formula is C7H15N5OS.